The molecule has 1 heterocycles. The zero-order valence-electron chi connectivity index (χ0n) is 15.0. The van der Waals surface area contributed by atoms with Crippen molar-refractivity contribution in [3.05, 3.63) is 65.2 Å². The Morgan fingerprint density at radius 1 is 1.00 bits per heavy atom. The molecule has 138 valence electrons. The van der Waals surface area contributed by atoms with E-state index in [9.17, 15) is 4.79 Å². The van der Waals surface area contributed by atoms with Gasteiger partial charge in [0.15, 0.2) is 0 Å². The highest BCUT2D eigenvalue weighted by atomic mass is 32.1. The van der Waals surface area contributed by atoms with Gasteiger partial charge in [-0.05, 0) is 49.6 Å². The van der Waals surface area contributed by atoms with Crippen molar-refractivity contribution in [2.75, 3.05) is 16.0 Å². The summed E-state index contributed by atoms with van der Waals surface area (Å²) in [5.74, 6) is 0.541. The van der Waals surface area contributed by atoms with Crippen molar-refractivity contribution in [3.8, 4) is 0 Å². The standard InChI is InChI=1S/C20H21N5OS/c1-13(14-5-3-2-4-6-14)21-16-9-11-17(12-10-16)22-19(26)23-20-25-24-18(27-20)15-7-8-15/h2-6,9-13,15,21H,7-8H2,1H3,(H2,22,23,25,26). The molecular weight excluding hydrogens is 358 g/mol. The van der Waals surface area contributed by atoms with Gasteiger partial charge in [0, 0.05) is 23.3 Å². The van der Waals surface area contributed by atoms with E-state index in [0.717, 1.165) is 16.4 Å². The van der Waals surface area contributed by atoms with Gasteiger partial charge in [-0.2, -0.15) is 0 Å². The normalized spacial score (nSPS) is 14.4. The molecule has 1 unspecified atom stereocenters. The predicted octanol–water partition coefficient (Wildman–Crippen LogP) is 5.23. The molecule has 0 bridgehead atoms. The van der Waals surface area contributed by atoms with Crippen LogP contribution in [-0.4, -0.2) is 16.2 Å². The van der Waals surface area contributed by atoms with Crippen LogP contribution in [0.1, 0.15) is 42.3 Å². The van der Waals surface area contributed by atoms with Gasteiger partial charge in [-0.15, -0.1) is 10.2 Å². The van der Waals surface area contributed by atoms with E-state index in [0.29, 0.717) is 11.0 Å². The van der Waals surface area contributed by atoms with Crippen molar-refractivity contribution < 1.29 is 4.79 Å². The van der Waals surface area contributed by atoms with Gasteiger partial charge >= 0.3 is 6.03 Å². The number of hydrogen-bond donors (Lipinski definition) is 3. The van der Waals surface area contributed by atoms with Crippen LogP contribution in [0, 0.1) is 0 Å². The Morgan fingerprint density at radius 2 is 1.70 bits per heavy atom. The molecule has 27 heavy (non-hydrogen) atoms. The van der Waals surface area contributed by atoms with Gasteiger partial charge in [-0.3, -0.25) is 5.32 Å². The molecule has 0 aliphatic heterocycles. The number of amides is 2. The topological polar surface area (TPSA) is 78.9 Å². The number of carbonyl (C=O) groups excluding carboxylic acids is 1. The SMILES string of the molecule is CC(Nc1ccc(NC(=O)Nc2nnc(C3CC3)s2)cc1)c1ccccc1. The van der Waals surface area contributed by atoms with E-state index >= 15 is 0 Å². The molecule has 1 saturated carbocycles. The summed E-state index contributed by atoms with van der Waals surface area (Å²) in [6.45, 7) is 2.12. The van der Waals surface area contributed by atoms with Gasteiger partial charge in [-0.25, -0.2) is 4.79 Å². The second-order valence-corrected chi connectivity index (χ2v) is 7.66. The number of rotatable bonds is 6. The number of anilines is 3. The van der Waals surface area contributed by atoms with Crippen LogP contribution >= 0.6 is 11.3 Å². The Morgan fingerprint density at radius 3 is 2.41 bits per heavy atom. The molecule has 6 nitrogen and oxygen atoms in total. The molecule has 1 fully saturated rings. The van der Waals surface area contributed by atoms with Gasteiger partial charge in [0.2, 0.25) is 5.13 Å². The summed E-state index contributed by atoms with van der Waals surface area (Å²) in [5.41, 5.74) is 2.94. The lowest BCUT2D eigenvalue weighted by atomic mass is 10.1. The average molecular weight is 379 g/mol. The lowest BCUT2D eigenvalue weighted by Gasteiger charge is -2.16. The minimum Gasteiger partial charge on any atom is -0.379 e. The second-order valence-electron chi connectivity index (χ2n) is 6.65. The molecular formula is C20H21N5OS. The number of nitrogens with one attached hydrogen (secondary N) is 3. The molecule has 3 N–H and O–H groups in total. The zero-order chi connectivity index (χ0) is 18.6. The van der Waals surface area contributed by atoms with E-state index in [1.54, 1.807) is 0 Å². The van der Waals surface area contributed by atoms with E-state index < -0.39 is 0 Å². The van der Waals surface area contributed by atoms with Crippen LogP contribution in [0.2, 0.25) is 0 Å². The lowest BCUT2D eigenvalue weighted by molar-refractivity contribution is 0.262. The fourth-order valence-electron chi connectivity index (χ4n) is 2.76. The summed E-state index contributed by atoms with van der Waals surface area (Å²) in [6, 6.07) is 17.8. The maximum Gasteiger partial charge on any atom is 0.325 e. The summed E-state index contributed by atoms with van der Waals surface area (Å²) >= 11 is 1.45. The van der Waals surface area contributed by atoms with Crippen molar-refractivity contribution in [3.63, 3.8) is 0 Å². The van der Waals surface area contributed by atoms with Gasteiger partial charge < -0.3 is 10.6 Å². The van der Waals surface area contributed by atoms with Gasteiger partial charge in [0.05, 0.1) is 0 Å². The maximum atomic E-state index is 12.1. The third-order valence-electron chi connectivity index (χ3n) is 4.41. The molecule has 0 saturated heterocycles. The molecule has 0 spiro atoms. The van der Waals surface area contributed by atoms with Crippen LogP contribution in [0.5, 0.6) is 0 Å². The molecule has 1 aromatic heterocycles. The summed E-state index contributed by atoms with van der Waals surface area (Å²) in [5, 5.41) is 18.7. The molecule has 4 rings (SSSR count). The first-order valence-corrected chi connectivity index (χ1v) is 9.82. The van der Waals surface area contributed by atoms with Gasteiger partial charge in [0.1, 0.15) is 5.01 Å². The average Bonchev–Trinajstić information content (AvgIpc) is 3.43. The first kappa shape index (κ1) is 17.5. The molecule has 1 aliphatic rings. The second kappa shape index (κ2) is 7.75. The van der Waals surface area contributed by atoms with Crippen molar-refractivity contribution >= 4 is 33.9 Å². The number of nitrogens with zero attached hydrogens (tertiary/aromatic N) is 2. The number of benzene rings is 2. The number of aromatic nitrogens is 2. The van der Waals surface area contributed by atoms with E-state index in [-0.39, 0.29) is 12.1 Å². The number of hydrogen-bond acceptors (Lipinski definition) is 5. The molecule has 1 aliphatic carbocycles. The highest BCUT2D eigenvalue weighted by molar-refractivity contribution is 7.15. The minimum atomic E-state index is -0.313. The van der Waals surface area contributed by atoms with Crippen LogP contribution in [0.25, 0.3) is 0 Å². The third kappa shape index (κ3) is 4.62. The highest BCUT2D eigenvalue weighted by Crippen LogP contribution is 2.42. The Labute approximate surface area is 162 Å². The van der Waals surface area contributed by atoms with Gasteiger partial charge in [-0.1, -0.05) is 41.7 Å². The first-order chi connectivity index (χ1) is 13.2. The highest BCUT2D eigenvalue weighted by Gasteiger charge is 2.27. The molecule has 2 aromatic carbocycles. The van der Waals surface area contributed by atoms with E-state index in [2.05, 4.69) is 45.2 Å². The third-order valence-corrected chi connectivity index (χ3v) is 5.41. The van der Waals surface area contributed by atoms with Crippen LogP contribution in [0.3, 0.4) is 0 Å². The molecule has 3 aromatic rings. The fourth-order valence-corrected chi connectivity index (χ4v) is 3.67. The predicted molar refractivity (Wildman–Crippen MR) is 109 cm³/mol. The van der Waals surface area contributed by atoms with Crippen LogP contribution < -0.4 is 16.0 Å². The summed E-state index contributed by atoms with van der Waals surface area (Å²) in [7, 11) is 0. The van der Waals surface area contributed by atoms with E-state index in [4.69, 9.17) is 0 Å². The number of urea groups is 1. The van der Waals surface area contributed by atoms with Crippen molar-refractivity contribution in [1.82, 2.24) is 10.2 Å². The lowest BCUT2D eigenvalue weighted by Crippen LogP contribution is -2.19. The Balaban J connectivity index is 1.31. The van der Waals surface area contributed by atoms with Crippen LogP contribution in [-0.2, 0) is 0 Å². The number of carbonyl (C=O) groups is 1. The molecule has 7 heteroatoms. The Bertz CT molecular complexity index is 906. The largest absolute Gasteiger partial charge is 0.379 e. The van der Waals surface area contributed by atoms with E-state index in [1.807, 2.05) is 42.5 Å². The zero-order valence-corrected chi connectivity index (χ0v) is 15.8. The van der Waals surface area contributed by atoms with Crippen molar-refractivity contribution in [2.45, 2.75) is 31.7 Å². The molecule has 2 amide bonds. The minimum absolute atomic E-state index is 0.200. The smallest absolute Gasteiger partial charge is 0.325 e. The Hall–Kier alpha value is -2.93. The molecule has 1 atom stereocenters. The summed E-state index contributed by atoms with van der Waals surface area (Å²) in [4.78, 5) is 12.1. The van der Waals surface area contributed by atoms with Crippen molar-refractivity contribution in [2.24, 2.45) is 0 Å². The first-order valence-electron chi connectivity index (χ1n) is 9.00. The molecule has 0 radical (unpaired) electrons. The fraction of sp³-hybridized carbons (Fsp3) is 0.250. The van der Waals surface area contributed by atoms with Crippen LogP contribution in [0.4, 0.5) is 21.3 Å². The van der Waals surface area contributed by atoms with Crippen molar-refractivity contribution in [1.29, 1.82) is 0 Å². The maximum absolute atomic E-state index is 12.1. The Kier molecular flexibility index (Phi) is 5.02. The van der Waals surface area contributed by atoms with Crippen LogP contribution in [0.15, 0.2) is 54.6 Å². The summed E-state index contributed by atoms with van der Waals surface area (Å²) < 4.78 is 0. The summed E-state index contributed by atoms with van der Waals surface area (Å²) in [6.07, 6.45) is 2.34. The van der Waals surface area contributed by atoms with E-state index in [1.165, 1.54) is 29.7 Å². The quantitative estimate of drug-likeness (QED) is 0.548. The van der Waals surface area contributed by atoms with Gasteiger partial charge in [0.25, 0.3) is 0 Å². The monoisotopic (exact) mass is 379 g/mol.